The van der Waals surface area contributed by atoms with Crippen LogP contribution in [0.3, 0.4) is 0 Å². The van der Waals surface area contributed by atoms with Gasteiger partial charge in [-0.25, -0.2) is 0 Å². The van der Waals surface area contributed by atoms with Crippen molar-refractivity contribution in [1.29, 1.82) is 0 Å². The van der Waals surface area contributed by atoms with Gasteiger partial charge in [-0.2, -0.15) is 12.1 Å². The molecule has 36 heavy (non-hydrogen) atoms. The minimum absolute atomic E-state index is 0.826. The first-order valence-corrected chi connectivity index (χ1v) is 21.7. The van der Waals surface area contributed by atoms with Crippen molar-refractivity contribution < 1.29 is 20.8 Å². The van der Waals surface area contributed by atoms with Crippen molar-refractivity contribution in [3.63, 3.8) is 0 Å². The first-order valence-electron chi connectivity index (χ1n) is 13.4. The molecule has 0 unspecified atom stereocenters. The number of fused-ring (bicyclic) bond motifs is 2. The molecule has 0 heterocycles. The summed E-state index contributed by atoms with van der Waals surface area (Å²) in [5.41, 5.74) is 5.98. The van der Waals surface area contributed by atoms with Crippen LogP contribution in [-0.4, -0.2) is 9.52 Å². The molecular weight excluding hydrogens is 575 g/mol. The summed E-state index contributed by atoms with van der Waals surface area (Å²) >= 11 is -0.826. The van der Waals surface area contributed by atoms with Gasteiger partial charge in [0.2, 0.25) is 0 Å². The zero-order valence-electron chi connectivity index (χ0n) is 23.2. The molecule has 0 spiro atoms. The van der Waals surface area contributed by atoms with Gasteiger partial charge in [-0.05, 0) is 25.7 Å². The Balaban J connectivity index is 0.000000296. The molecule has 0 aromatic heterocycles. The van der Waals surface area contributed by atoms with E-state index in [0.717, 1.165) is 22.4 Å². The molecule has 0 aliphatic rings. The molecule has 0 N–H and O–H groups in total. The molecule has 0 aliphatic heterocycles. The predicted molar refractivity (Wildman–Crippen MR) is 164 cm³/mol. The first kappa shape index (κ1) is 33.4. The zero-order chi connectivity index (χ0) is 26.8. The summed E-state index contributed by atoms with van der Waals surface area (Å²) < 4.78 is 0. The van der Waals surface area contributed by atoms with Crippen molar-refractivity contribution in [2.24, 2.45) is 0 Å². The van der Waals surface area contributed by atoms with Crippen LogP contribution in [0.2, 0.25) is 13.1 Å². The number of rotatable bonds is 8. The Labute approximate surface area is 242 Å². The predicted octanol–water partition coefficient (Wildman–Crippen LogP) is 11.1. The third-order valence-corrected chi connectivity index (χ3v) is 6.22. The van der Waals surface area contributed by atoms with Crippen LogP contribution in [0.25, 0.3) is 21.5 Å². The molecule has 0 bridgehead atoms. The fourth-order valence-electron chi connectivity index (χ4n) is 4.30. The Morgan fingerprint density at radius 1 is 0.694 bits per heavy atom. The third-order valence-electron chi connectivity index (χ3n) is 6.22. The maximum atomic E-state index is 4.93. The molecule has 4 rings (SSSR count). The van der Waals surface area contributed by atoms with E-state index in [9.17, 15) is 0 Å². The van der Waals surface area contributed by atoms with Crippen LogP contribution in [0.15, 0.2) is 60.7 Å². The molecule has 194 valence electrons. The second-order valence-corrected chi connectivity index (χ2v) is 13.8. The molecule has 2 radical (unpaired) electrons. The van der Waals surface area contributed by atoms with E-state index < -0.39 is 20.8 Å². The van der Waals surface area contributed by atoms with Crippen molar-refractivity contribution in [3.05, 3.63) is 82.9 Å². The minimum atomic E-state index is -0.826. The van der Waals surface area contributed by atoms with Gasteiger partial charge >= 0.3 is 37.9 Å². The summed E-state index contributed by atoms with van der Waals surface area (Å²) in [6, 6.07) is 22.7. The van der Waals surface area contributed by atoms with Gasteiger partial charge in [-0.3, -0.25) is 0 Å². The van der Waals surface area contributed by atoms with Crippen molar-refractivity contribution >= 4 is 48.1 Å². The molecule has 4 aromatic carbocycles. The molecule has 0 aliphatic carbocycles. The van der Waals surface area contributed by atoms with Gasteiger partial charge in [0.25, 0.3) is 0 Å². The summed E-state index contributed by atoms with van der Waals surface area (Å²) in [6.45, 7) is 13.3. The van der Waals surface area contributed by atoms with Crippen LogP contribution in [-0.2, 0) is 46.5 Å². The van der Waals surface area contributed by atoms with E-state index in [4.69, 9.17) is 17.0 Å². The molecule has 0 atom stereocenters. The molecule has 0 nitrogen and oxygen atoms in total. The summed E-state index contributed by atoms with van der Waals surface area (Å²) in [5, 5.41) is 5.78. The van der Waals surface area contributed by atoms with Gasteiger partial charge in [0.15, 0.2) is 0 Å². The summed E-state index contributed by atoms with van der Waals surface area (Å²) in [7, 11) is 11.0. The number of hydrogen-bond acceptors (Lipinski definition) is 0. The van der Waals surface area contributed by atoms with E-state index >= 15 is 0 Å². The number of benzene rings is 2. The van der Waals surface area contributed by atoms with E-state index in [1.807, 2.05) is 0 Å². The topological polar surface area (TPSA) is 0 Å². The van der Waals surface area contributed by atoms with Gasteiger partial charge < -0.3 is 0 Å². The van der Waals surface area contributed by atoms with Crippen molar-refractivity contribution in [2.45, 2.75) is 92.2 Å². The quantitative estimate of drug-likeness (QED) is 0.136. The van der Waals surface area contributed by atoms with Crippen LogP contribution in [0.5, 0.6) is 0 Å². The normalized spacial score (nSPS) is 10.0. The summed E-state index contributed by atoms with van der Waals surface area (Å²) in [5.74, 6) is 0. The van der Waals surface area contributed by atoms with E-state index in [1.54, 1.807) is 0 Å². The molecule has 0 fully saturated rings. The summed E-state index contributed by atoms with van der Waals surface area (Å²) in [6.07, 6.45) is 9.87. The maximum absolute atomic E-state index is 4.93. The zero-order valence-corrected chi connectivity index (χ0v) is 28.2. The molecule has 0 amide bonds. The van der Waals surface area contributed by atoms with Crippen LogP contribution in [0, 0.1) is 0 Å². The van der Waals surface area contributed by atoms with E-state index in [1.165, 1.54) is 82.3 Å². The standard InChI is InChI=1S/2C15H19.C2H6Si.2ClH.Zr/c2*1-3-5-7-13-8-6-9-14-10-12(4-2)11-15(13)14;1-3-2;;;/h2*6,8-11H,3-5,7H2,1-2H3;1-2H3;2*1H;/q2*-1;;;;+4/p-2. The van der Waals surface area contributed by atoms with Gasteiger partial charge in [0, 0.05) is 9.52 Å². The first-order chi connectivity index (χ1) is 17.5. The average molecular weight is 619 g/mol. The number of halogens is 2. The third kappa shape index (κ3) is 11.4. The number of hydrogen-bond donors (Lipinski definition) is 0. The van der Waals surface area contributed by atoms with Crippen LogP contribution >= 0.6 is 17.0 Å². The summed E-state index contributed by atoms with van der Waals surface area (Å²) in [4.78, 5) is 0. The molecular formula is C32H44Cl2SiZr. The Morgan fingerprint density at radius 3 is 1.36 bits per heavy atom. The van der Waals surface area contributed by atoms with Crippen LogP contribution < -0.4 is 0 Å². The molecule has 4 aromatic rings. The second-order valence-electron chi connectivity index (χ2n) is 9.05. The van der Waals surface area contributed by atoms with Crippen LogP contribution in [0.1, 0.15) is 75.6 Å². The Bertz CT molecular complexity index is 1010. The molecule has 4 heteroatoms. The fourth-order valence-corrected chi connectivity index (χ4v) is 4.30. The molecule has 0 saturated carbocycles. The molecule has 0 saturated heterocycles. The van der Waals surface area contributed by atoms with Gasteiger partial charge in [-0.15, -0.1) is 69.1 Å². The van der Waals surface area contributed by atoms with E-state index in [-0.39, 0.29) is 0 Å². The van der Waals surface area contributed by atoms with E-state index in [2.05, 4.69) is 101 Å². The Morgan fingerprint density at radius 2 is 1.06 bits per heavy atom. The number of unbranched alkanes of at least 4 members (excludes halogenated alkanes) is 2. The van der Waals surface area contributed by atoms with Crippen molar-refractivity contribution in [1.82, 2.24) is 0 Å². The SMILES string of the molecule is CCCCc1cccc2[cH-]c(CC)cc12.CCCCc1cccc2[cH-]c(CC)cc12.C[Si]C.[Cl][Zr+2][Cl]. The second kappa shape index (κ2) is 20.3. The van der Waals surface area contributed by atoms with Crippen LogP contribution in [0.4, 0.5) is 0 Å². The number of aryl methyl sites for hydroxylation is 4. The van der Waals surface area contributed by atoms with Gasteiger partial charge in [0.1, 0.15) is 0 Å². The van der Waals surface area contributed by atoms with Gasteiger partial charge in [-0.1, -0.05) is 89.7 Å². The Kier molecular flexibility index (Phi) is 18.8. The van der Waals surface area contributed by atoms with Crippen molar-refractivity contribution in [2.75, 3.05) is 0 Å². The van der Waals surface area contributed by atoms with Gasteiger partial charge in [0.05, 0.1) is 0 Å². The Hall–Kier alpha value is -0.660. The average Bonchev–Trinajstić information content (AvgIpc) is 3.52. The fraction of sp³-hybridized carbons (Fsp3) is 0.438. The monoisotopic (exact) mass is 616 g/mol. The van der Waals surface area contributed by atoms with E-state index in [0.29, 0.717) is 0 Å². The van der Waals surface area contributed by atoms with Crippen molar-refractivity contribution in [3.8, 4) is 0 Å².